The molecule has 0 radical (unpaired) electrons. The van der Waals surface area contributed by atoms with E-state index in [0.29, 0.717) is 24.1 Å². The average molecular weight is 346 g/mol. The number of hydrogen-bond acceptors (Lipinski definition) is 4. The van der Waals surface area contributed by atoms with Crippen molar-refractivity contribution in [1.82, 2.24) is 10.3 Å². The van der Waals surface area contributed by atoms with Gasteiger partial charge in [0.2, 0.25) is 0 Å². The highest BCUT2D eigenvalue weighted by molar-refractivity contribution is 7.09. The standard InChI is InChI=1S/C19H27N3OS/c1-6-22(14(4)5)17-9-7-15(8-10-17)18(23)20-11-16-12-24-19(21-16)13(2)3/h7-10,12-14H,6,11H2,1-5H3,(H,20,23). The minimum atomic E-state index is -0.0618. The second-order valence-corrected chi connectivity index (χ2v) is 7.33. The van der Waals surface area contributed by atoms with Gasteiger partial charge in [-0.15, -0.1) is 11.3 Å². The molecular weight excluding hydrogens is 318 g/mol. The van der Waals surface area contributed by atoms with Gasteiger partial charge >= 0.3 is 0 Å². The first-order valence-electron chi connectivity index (χ1n) is 8.51. The highest BCUT2D eigenvalue weighted by atomic mass is 32.1. The molecular formula is C19H27N3OS. The summed E-state index contributed by atoms with van der Waals surface area (Å²) >= 11 is 1.65. The highest BCUT2D eigenvalue weighted by Gasteiger charge is 2.11. The van der Waals surface area contributed by atoms with E-state index in [-0.39, 0.29) is 5.91 Å². The summed E-state index contributed by atoms with van der Waals surface area (Å²) < 4.78 is 0. The van der Waals surface area contributed by atoms with E-state index in [0.717, 1.165) is 22.9 Å². The zero-order valence-corrected chi connectivity index (χ0v) is 16.0. The van der Waals surface area contributed by atoms with Crippen molar-refractivity contribution in [2.24, 2.45) is 0 Å². The second kappa shape index (κ2) is 8.29. The van der Waals surface area contributed by atoms with E-state index in [1.54, 1.807) is 11.3 Å². The Morgan fingerprint density at radius 1 is 1.21 bits per heavy atom. The number of nitrogens with zero attached hydrogens (tertiary/aromatic N) is 2. The van der Waals surface area contributed by atoms with E-state index in [9.17, 15) is 4.79 Å². The molecule has 0 unspecified atom stereocenters. The molecule has 5 heteroatoms. The van der Waals surface area contributed by atoms with Crippen molar-refractivity contribution >= 4 is 22.9 Å². The van der Waals surface area contributed by atoms with Crippen LogP contribution in [0.5, 0.6) is 0 Å². The van der Waals surface area contributed by atoms with Gasteiger partial charge in [0.25, 0.3) is 5.91 Å². The van der Waals surface area contributed by atoms with Gasteiger partial charge in [-0.2, -0.15) is 0 Å². The van der Waals surface area contributed by atoms with Crippen LogP contribution in [0, 0.1) is 0 Å². The normalized spacial score (nSPS) is 11.1. The Balaban J connectivity index is 1.97. The van der Waals surface area contributed by atoms with Crippen LogP contribution in [0.3, 0.4) is 0 Å². The molecule has 1 aromatic carbocycles. The summed E-state index contributed by atoms with van der Waals surface area (Å²) in [7, 11) is 0. The van der Waals surface area contributed by atoms with Gasteiger partial charge in [0.1, 0.15) is 0 Å². The summed E-state index contributed by atoms with van der Waals surface area (Å²) in [4.78, 5) is 19.1. The number of anilines is 1. The minimum Gasteiger partial charge on any atom is -0.369 e. The lowest BCUT2D eigenvalue weighted by atomic mass is 10.1. The molecule has 2 rings (SSSR count). The van der Waals surface area contributed by atoms with Gasteiger partial charge in [0.05, 0.1) is 17.2 Å². The summed E-state index contributed by atoms with van der Waals surface area (Å²) in [5.74, 6) is 0.364. The number of aromatic nitrogens is 1. The summed E-state index contributed by atoms with van der Waals surface area (Å²) in [5, 5.41) is 6.07. The summed E-state index contributed by atoms with van der Waals surface area (Å²) in [6.07, 6.45) is 0. The number of thiazole rings is 1. The first-order chi connectivity index (χ1) is 11.4. The molecule has 0 atom stereocenters. The number of nitrogens with one attached hydrogen (secondary N) is 1. The van der Waals surface area contributed by atoms with Crippen molar-refractivity contribution in [3.05, 3.63) is 45.9 Å². The Labute approximate surface area is 148 Å². The van der Waals surface area contributed by atoms with Gasteiger partial charge in [0, 0.05) is 35.1 Å². The second-order valence-electron chi connectivity index (χ2n) is 6.44. The molecule has 1 aromatic heterocycles. The Kier molecular flexibility index (Phi) is 6.37. The number of hydrogen-bond donors (Lipinski definition) is 1. The fraction of sp³-hybridized carbons (Fsp3) is 0.474. The van der Waals surface area contributed by atoms with Crippen LogP contribution in [0.15, 0.2) is 29.6 Å². The molecule has 2 aromatic rings. The number of carbonyl (C=O) groups excluding carboxylic acids is 1. The van der Waals surface area contributed by atoms with Crippen LogP contribution >= 0.6 is 11.3 Å². The molecule has 0 spiro atoms. The largest absolute Gasteiger partial charge is 0.369 e. The molecule has 1 N–H and O–H groups in total. The summed E-state index contributed by atoms with van der Waals surface area (Å²) in [6, 6.07) is 8.23. The van der Waals surface area contributed by atoms with Gasteiger partial charge < -0.3 is 10.2 Å². The first kappa shape index (κ1) is 18.5. The van der Waals surface area contributed by atoms with Crippen molar-refractivity contribution in [3.63, 3.8) is 0 Å². The average Bonchev–Trinajstić information content (AvgIpc) is 3.03. The number of benzene rings is 1. The van der Waals surface area contributed by atoms with Crippen molar-refractivity contribution in [2.45, 2.75) is 53.1 Å². The van der Waals surface area contributed by atoms with Crippen LogP contribution in [0.2, 0.25) is 0 Å². The molecule has 0 aliphatic carbocycles. The minimum absolute atomic E-state index is 0.0618. The zero-order chi connectivity index (χ0) is 17.7. The predicted octanol–water partition coefficient (Wildman–Crippen LogP) is 4.43. The molecule has 4 nitrogen and oxygen atoms in total. The van der Waals surface area contributed by atoms with E-state index in [4.69, 9.17) is 0 Å². The fourth-order valence-electron chi connectivity index (χ4n) is 2.59. The molecule has 0 saturated carbocycles. The van der Waals surface area contributed by atoms with Gasteiger partial charge in [-0.05, 0) is 45.0 Å². The Morgan fingerprint density at radius 3 is 2.38 bits per heavy atom. The highest BCUT2D eigenvalue weighted by Crippen LogP contribution is 2.20. The monoisotopic (exact) mass is 345 g/mol. The quantitative estimate of drug-likeness (QED) is 0.807. The predicted molar refractivity (Wildman–Crippen MR) is 102 cm³/mol. The molecule has 0 aliphatic heterocycles. The number of carbonyl (C=O) groups is 1. The van der Waals surface area contributed by atoms with Gasteiger partial charge in [-0.3, -0.25) is 4.79 Å². The van der Waals surface area contributed by atoms with Gasteiger partial charge in [-0.25, -0.2) is 4.98 Å². The van der Waals surface area contributed by atoms with E-state index >= 15 is 0 Å². The van der Waals surface area contributed by atoms with Crippen LogP contribution in [0.1, 0.15) is 61.6 Å². The lowest BCUT2D eigenvalue weighted by Crippen LogP contribution is -2.30. The van der Waals surface area contributed by atoms with Gasteiger partial charge in [-0.1, -0.05) is 13.8 Å². The molecule has 1 amide bonds. The SMILES string of the molecule is CCN(c1ccc(C(=O)NCc2csc(C(C)C)n2)cc1)C(C)C. The van der Waals surface area contributed by atoms with Gasteiger partial charge in [0.15, 0.2) is 0 Å². The van der Waals surface area contributed by atoms with E-state index in [1.165, 1.54) is 0 Å². The molecule has 0 saturated heterocycles. The van der Waals surface area contributed by atoms with Crippen LogP contribution in [0.4, 0.5) is 5.69 Å². The maximum atomic E-state index is 12.3. The summed E-state index contributed by atoms with van der Waals surface area (Å²) in [6.45, 7) is 12.1. The van der Waals surface area contributed by atoms with Crippen molar-refractivity contribution in [2.75, 3.05) is 11.4 Å². The molecule has 0 bridgehead atoms. The maximum absolute atomic E-state index is 12.3. The van der Waals surface area contributed by atoms with Crippen LogP contribution in [-0.4, -0.2) is 23.5 Å². The summed E-state index contributed by atoms with van der Waals surface area (Å²) in [5.41, 5.74) is 2.74. The third-order valence-corrected chi connectivity index (χ3v) is 5.11. The van der Waals surface area contributed by atoms with E-state index < -0.39 is 0 Å². The molecule has 1 heterocycles. The number of amides is 1. The van der Waals surface area contributed by atoms with E-state index in [2.05, 4.69) is 49.8 Å². The Bertz CT molecular complexity index is 662. The van der Waals surface area contributed by atoms with E-state index in [1.807, 2.05) is 29.6 Å². The first-order valence-corrected chi connectivity index (χ1v) is 9.39. The Hall–Kier alpha value is -1.88. The van der Waals surface area contributed by atoms with Crippen LogP contribution < -0.4 is 10.2 Å². The molecule has 0 aliphatic rings. The lowest BCUT2D eigenvalue weighted by Gasteiger charge is -2.27. The van der Waals surface area contributed by atoms with Crippen LogP contribution in [0.25, 0.3) is 0 Å². The van der Waals surface area contributed by atoms with Crippen molar-refractivity contribution in [3.8, 4) is 0 Å². The maximum Gasteiger partial charge on any atom is 0.251 e. The number of rotatable bonds is 7. The molecule has 130 valence electrons. The smallest absolute Gasteiger partial charge is 0.251 e. The van der Waals surface area contributed by atoms with Crippen molar-refractivity contribution < 1.29 is 4.79 Å². The molecule has 0 fully saturated rings. The third-order valence-electron chi connectivity index (χ3n) is 3.92. The fourth-order valence-corrected chi connectivity index (χ4v) is 3.43. The zero-order valence-electron chi connectivity index (χ0n) is 15.2. The molecule has 24 heavy (non-hydrogen) atoms. The Morgan fingerprint density at radius 2 is 1.88 bits per heavy atom. The van der Waals surface area contributed by atoms with Crippen LogP contribution in [-0.2, 0) is 6.54 Å². The lowest BCUT2D eigenvalue weighted by molar-refractivity contribution is 0.0950. The van der Waals surface area contributed by atoms with Crippen molar-refractivity contribution in [1.29, 1.82) is 0 Å². The topological polar surface area (TPSA) is 45.2 Å². The third kappa shape index (κ3) is 4.57.